The molecule has 0 amide bonds. The molecule has 0 unspecified atom stereocenters. The summed E-state index contributed by atoms with van der Waals surface area (Å²) < 4.78 is 75.1. The topological polar surface area (TPSA) is 94.7 Å². The summed E-state index contributed by atoms with van der Waals surface area (Å²) >= 11 is 0. The number of nitrogens with one attached hydrogen (secondary N) is 1. The number of alkyl halides is 4. The molecule has 1 aliphatic rings. The lowest BCUT2D eigenvalue weighted by atomic mass is 10.0. The van der Waals surface area contributed by atoms with Gasteiger partial charge in [-0.1, -0.05) is 12.6 Å². The zero-order valence-electron chi connectivity index (χ0n) is 20.7. The van der Waals surface area contributed by atoms with E-state index in [1.807, 2.05) is 0 Å². The van der Waals surface area contributed by atoms with Gasteiger partial charge in [0, 0.05) is 42.2 Å². The van der Waals surface area contributed by atoms with Crippen molar-refractivity contribution in [3.8, 4) is 0 Å². The van der Waals surface area contributed by atoms with Crippen LogP contribution in [0.2, 0.25) is 0 Å². The van der Waals surface area contributed by atoms with Crippen molar-refractivity contribution in [1.29, 1.82) is 0 Å². The molecule has 1 aliphatic carbocycles. The van der Waals surface area contributed by atoms with Crippen molar-refractivity contribution in [1.82, 2.24) is 24.3 Å². The first-order valence-electron chi connectivity index (χ1n) is 11.7. The van der Waals surface area contributed by atoms with Crippen LogP contribution in [-0.2, 0) is 18.5 Å². The molecule has 8 nitrogen and oxygen atoms in total. The molecule has 1 N–H and O–H groups in total. The number of nitrogens with zero attached hydrogens (tertiary/aromatic N) is 5. The molecule has 39 heavy (non-hydrogen) atoms. The Bertz CT molecular complexity index is 1740. The van der Waals surface area contributed by atoms with E-state index < -0.39 is 46.1 Å². The zero-order valence-corrected chi connectivity index (χ0v) is 20.7. The van der Waals surface area contributed by atoms with Crippen molar-refractivity contribution in [3.63, 3.8) is 0 Å². The maximum atomic E-state index is 15.5. The third-order valence-corrected chi connectivity index (χ3v) is 6.77. The third kappa shape index (κ3) is 4.27. The summed E-state index contributed by atoms with van der Waals surface area (Å²) in [4.78, 5) is 32.8. The molecular formula is C26H21F5N6O2. The lowest BCUT2D eigenvalue weighted by Gasteiger charge is -2.20. The molecule has 4 aromatic rings. The smallest absolute Gasteiger partial charge is 0.319 e. The van der Waals surface area contributed by atoms with E-state index in [1.54, 1.807) is 6.92 Å². The number of aromatic nitrogens is 5. The van der Waals surface area contributed by atoms with E-state index in [9.17, 15) is 18.4 Å². The highest BCUT2D eigenvalue weighted by Gasteiger charge is 2.53. The van der Waals surface area contributed by atoms with E-state index >= 15 is 13.2 Å². The maximum Gasteiger partial charge on any atom is 0.319 e. The predicted molar refractivity (Wildman–Crippen MR) is 133 cm³/mol. The van der Waals surface area contributed by atoms with Crippen LogP contribution < -0.4 is 16.4 Å². The van der Waals surface area contributed by atoms with E-state index in [2.05, 4.69) is 27.0 Å². The number of anilines is 1. The SMILES string of the molecule is C=C(Nc1nn(C)c(=O)c2cc(=O)n(C3(C(F)F)CC3)cc12)c1cccc(C(F)(F)c2cnc(C)cn2)c1F. The summed E-state index contributed by atoms with van der Waals surface area (Å²) in [6.45, 7) is 5.31. The van der Waals surface area contributed by atoms with Crippen molar-refractivity contribution in [3.05, 3.63) is 98.5 Å². The molecule has 0 aliphatic heterocycles. The first-order chi connectivity index (χ1) is 18.4. The summed E-state index contributed by atoms with van der Waals surface area (Å²) in [5.41, 5.74) is -5.00. The quantitative estimate of drug-likeness (QED) is 0.349. The Morgan fingerprint density at radius 2 is 1.87 bits per heavy atom. The summed E-state index contributed by atoms with van der Waals surface area (Å²) in [6, 6.07) is 4.27. The largest absolute Gasteiger partial charge is 0.338 e. The zero-order chi connectivity index (χ0) is 28.3. The monoisotopic (exact) mass is 544 g/mol. The van der Waals surface area contributed by atoms with Gasteiger partial charge in [-0.2, -0.15) is 13.9 Å². The van der Waals surface area contributed by atoms with Gasteiger partial charge in [0.15, 0.2) is 5.82 Å². The normalized spacial score (nSPS) is 14.6. The Balaban J connectivity index is 1.58. The van der Waals surface area contributed by atoms with Crippen molar-refractivity contribution in [2.45, 2.75) is 37.7 Å². The minimum Gasteiger partial charge on any atom is -0.338 e. The van der Waals surface area contributed by atoms with Gasteiger partial charge >= 0.3 is 5.92 Å². The molecule has 0 spiro atoms. The van der Waals surface area contributed by atoms with Gasteiger partial charge in [0.25, 0.3) is 17.5 Å². The molecule has 0 atom stereocenters. The Hall–Kier alpha value is -4.42. The molecule has 0 bridgehead atoms. The van der Waals surface area contributed by atoms with Gasteiger partial charge in [0.2, 0.25) is 0 Å². The summed E-state index contributed by atoms with van der Waals surface area (Å²) in [5, 5.41) is 6.67. The average Bonchev–Trinajstić information content (AvgIpc) is 3.69. The van der Waals surface area contributed by atoms with Crippen molar-refractivity contribution < 1.29 is 22.0 Å². The molecular weight excluding hydrogens is 523 g/mol. The Labute approximate surface area is 217 Å². The van der Waals surface area contributed by atoms with Gasteiger partial charge < -0.3 is 9.88 Å². The summed E-state index contributed by atoms with van der Waals surface area (Å²) in [5.74, 6) is -5.23. The van der Waals surface area contributed by atoms with Crippen LogP contribution in [0.1, 0.15) is 35.4 Å². The number of hydrogen-bond acceptors (Lipinski definition) is 6. The highest BCUT2D eigenvalue weighted by atomic mass is 19.3. The van der Waals surface area contributed by atoms with Gasteiger partial charge in [0.05, 0.1) is 22.8 Å². The molecule has 0 saturated heterocycles. The van der Waals surface area contributed by atoms with Gasteiger partial charge in [-0.15, -0.1) is 0 Å². The van der Waals surface area contributed by atoms with Crippen LogP contribution in [0, 0.1) is 12.7 Å². The van der Waals surface area contributed by atoms with Crippen LogP contribution in [0.15, 0.2) is 59.0 Å². The molecule has 13 heteroatoms. The predicted octanol–water partition coefficient (Wildman–Crippen LogP) is 4.31. The fourth-order valence-electron chi connectivity index (χ4n) is 4.37. The molecule has 0 radical (unpaired) electrons. The number of rotatable bonds is 7. The number of benzene rings is 1. The molecule has 202 valence electrons. The molecule has 1 fully saturated rings. The van der Waals surface area contributed by atoms with Crippen LogP contribution in [-0.4, -0.2) is 30.7 Å². The van der Waals surface area contributed by atoms with E-state index in [0.29, 0.717) is 5.69 Å². The molecule has 1 saturated carbocycles. The van der Waals surface area contributed by atoms with E-state index in [4.69, 9.17) is 0 Å². The van der Waals surface area contributed by atoms with Crippen molar-refractivity contribution in [2.24, 2.45) is 7.05 Å². The number of hydrogen-bond donors (Lipinski definition) is 1. The average molecular weight is 544 g/mol. The Morgan fingerprint density at radius 3 is 2.49 bits per heavy atom. The molecule has 5 rings (SSSR count). The minimum absolute atomic E-state index is 0.00240. The van der Waals surface area contributed by atoms with Gasteiger partial charge in [-0.05, 0) is 31.9 Å². The molecule has 3 heterocycles. The highest BCUT2D eigenvalue weighted by molar-refractivity contribution is 5.93. The van der Waals surface area contributed by atoms with Crippen LogP contribution >= 0.6 is 0 Å². The molecule has 3 aromatic heterocycles. The van der Waals surface area contributed by atoms with Crippen LogP contribution in [0.4, 0.5) is 27.8 Å². The van der Waals surface area contributed by atoms with E-state index in [-0.39, 0.29) is 40.7 Å². The Kier molecular flexibility index (Phi) is 6.11. The minimum atomic E-state index is -3.83. The van der Waals surface area contributed by atoms with Crippen molar-refractivity contribution in [2.75, 3.05) is 5.32 Å². The number of pyridine rings is 1. The summed E-state index contributed by atoms with van der Waals surface area (Å²) in [7, 11) is 1.30. The Morgan fingerprint density at radius 1 is 1.15 bits per heavy atom. The lowest BCUT2D eigenvalue weighted by molar-refractivity contribution is 0.0336. The highest BCUT2D eigenvalue weighted by Crippen LogP contribution is 2.48. The second-order valence-corrected chi connectivity index (χ2v) is 9.38. The van der Waals surface area contributed by atoms with Gasteiger partial charge in [-0.3, -0.25) is 19.6 Å². The van der Waals surface area contributed by atoms with Crippen LogP contribution in [0.3, 0.4) is 0 Å². The maximum absolute atomic E-state index is 15.5. The first kappa shape index (κ1) is 26.2. The molecule has 1 aromatic carbocycles. The first-order valence-corrected chi connectivity index (χ1v) is 11.7. The number of fused-ring (bicyclic) bond motifs is 1. The second kappa shape index (κ2) is 9.10. The van der Waals surface area contributed by atoms with Crippen molar-refractivity contribution >= 4 is 22.3 Å². The summed E-state index contributed by atoms with van der Waals surface area (Å²) in [6.07, 6.45) is 0.429. The van der Waals surface area contributed by atoms with E-state index in [0.717, 1.165) is 40.0 Å². The lowest BCUT2D eigenvalue weighted by Crippen LogP contribution is -2.36. The van der Waals surface area contributed by atoms with Gasteiger partial charge in [0.1, 0.15) is 17.1 Å². The third-order valence-electron chi connectivity index (χ3n) is 6.77. The van der Waals surface area contributed by atoms with Crippen LogP contribution in [0.25, 0.3) is 16.5 Å². The fourth-order valence-corrected chi connectivity index (χ4v) is 4.37. The standard InChI is InChI=1S/C26H21F5N6O2/c1-13-10-33-19(11-32-13)26(30,31)18-6-4-5-15(21(18)27)14(2)34-22-17-12-37(25(7-8-25)24(28)29)20(38)9-16(17)23(39)36(3)35-22/h4-6,9-12,24H,2,7-8H2,1,3H3,(H,34,35). The number of aryl methyl sites for hydroxylation is 2. The van der Waals surface area contributed by atoms with E-state index in [1.165, 1.54) is 19.2 Å². The second-order valence-electron chi connectivity index (χ2n) is 9.38. The van der Waals surface area contributed by atoms with Gasteiger partial charge in [-0.25, -0.2) is 17.9 Å². The number of halogens is 5. The fraction of sp³-hybridized carbons (Fsp3) is 0.269. The van der Waals surface area contributed by atoms with Crippen LogP contribution in [0.5, 0.6) is 0 Å².